The van der Waals surface area contributed by atoms with Crippen molar-refractivity contribution in [2.45, 2.75) is 25.5 Å². The van der Waals surface area contributed by atoms with Gasteiger partial charge >= 0.3 is 5.97 Å². The quantitative estimate of drug-likeness (QED) is 0.551. The van der Waals surface area contributed by atoms with Crippen LogP contribution in [-0.2, 0) is 22.5 Å². The molecule has 0 bridgehead atoms. The van der Waals surface area contributed by atoms with Crippen molar-refractivity contribution in [3.8, 4) is 5.75 Å². The number of benzene rings is 2. The van der Waals surface area contributed by atoms with Gasteiger partial charge in [-0.1, -0.05) is 35.9 Å². The zero-order chi connectivity index (χ0) is 19.1. The van der Waals surface area contributed by atoms with Gasteiger partial charge in [0.15, 0.2) is 0 Å². The van der Waals surface area contributed by atoms with Crippen molar-refractivity contribution in [1.82, 2.24) is 14.8 Å². The summed E-state index contributed by atoms with van der Waals surface area (Å²) in [6.45, 7) is 0.385. The summed E-state index contributed by atoms with van der Waals surface area (Å²) < 4.78 is 12.5. The molecule has 7 heteroatoms. The first-order valence-corrected chi connectivity index (χ1v) is 8.92. The van der Waals surface area contributed by atoms with Crippen LogP contribution in [0.2, 0.25) is 5.02 Å². The highest BCUT2D eigenvalue weighted by atomic mass is 35.5. The van der Waals surface area contributed by atoms with E-state index in [1.54, 1.807) is 30.3 Å². The Labute approximate surface area is 162 Å². The van der Waals surface area contributed by atoms with Crippen LogP contribution in [0.1, 0.15) is 23.7 Å². The van der Waals surface area contributed by atoms with E-state index in [4.69, 9.17) is 21.1 Å². The van der Waals surface area contributed by atoms with Gasteiger partial charge in [0, 0.05) is 11.4 Å². The molecule has 0 spiro atoms. The SMILES string of the molecule is COc1ccc(CCC(=O)O[C@@H](Cn2cncn2)c2ccc(Cl)cc2)cc1. The molecule has 0 saturated carbocycles. The lowest BCUT2D eigenvalue weighted by molar-refractivity contribution is -0.150. The van der Waals surface area contributed by atoms with Crippen molar-refractivity contribution >= 4 is 17.6 Å². The average Bonchev–Trinajstić information content (AvgIpc) is 3.20. The first-order chi connectivity index (χ1) is 13.1. The number of aryl methyl sites for hydroxylation is 1. The van der Waals surface area contributed by atoms with E-state index >= 15 is 0 Å². The van der Waals surface area contributed by atoms with E-state index in [1.165, 1.54) is 6.33 Å². The molecule has 3 rings (SSSR count). The van der Waals surface area contributed by atoms with Gasteiger partial charge in [-0.15, -0.1) is 0 Å². The van der Waals surface area contributed by atoms with Crippen molar-refractivity contribution in [1.29, 1.82) is 0 Å². The van der Waals surface area contributed by atoms with E-state index in [0.29, 0.717) is 18.0 Å². The van der Waals surface area contributed by atoms with Gasteiger partial charge in [0.25, 0.3) is 0 Å². The minimum Gasteiger partial charge on any atom is -0.497 e. The van der Waals surface area contributed by atoms with Crippen LogP contribution in [0.5, 0.6) is 5.75 Å². The molecule has 0 N–H and O–H groups in total. The van der Waals surface area contributed by atoms with Gasteiger partial charge in [-0.05, 0) is 41.8 Å². The molecule has 0 saturated heterocycles. The highest BCUT2D eigenvalue weighted by Gasteiger charge is 2.18. The number of hydrogen-bond acceptors (Lipinski definition) is 5. The fourth-order valence-corrected chi connectivity index (χ4v) is 2.77. The van der Waals surface area contributed by atoms with Crippen LogP contribution in [0.15, 0.2) is 61.2 Å². The Hall–Kier alpha value is -2.86. The van der Waals surface area contributed by atoms with Crippen LogP contribution in [0.3, 0.4) is 0 Å². The molecule has 1 heterocycles. The Morgan fingerprint density at radius 2 is 1.89 bits per heavy atom. The van der Waals surface area contributed by atoms with Gasteiger partial charge in [0.1, 0.15) is 24.5 Å². The minimum atomic E-state index is -0.465. The van der Waals surface area contributed by atoms with Gasteiger partial charge in [0.05, 0.1) is 13.7 Å². The zero-order valence-corrected chi connectivity index (χ0v) is 15.7. The second kappa shape index (κ2) is 9.19. The first-order valence-electron chi connectivity index (χ1n) is 8.54. The molecule has 0 radical (unpaired) electrons. The lowest BCUT2D eigenvalue weighted by atomic mass is 10.1. The van der Waals surface area contributed by atoms with Crippen molar-refractivity contribution in [2.75, 3.05) is 7.11 Å². The van der Waals surface area contributed by atoms with Gasteiger partial charge in [0.2, 0.25) is 0 Å². The molecule has 1 aromatic heterocycles. The van der Waals surface area contributed by atoms with Crippen molar-refractivity contribution in [3.05, 3.63) is 77.3 Å². The highest BCUT2D eigenvalue weighted by molar-refractivity contribution is 6.30. The second-order valence-electron chi connectivity index (χ2n) is 6.00. The topological polar surface area (TPSA) is 66.2 Å². The number of carbonyl (C=O) groups excluding carboxylic acids is 1. The summed E-state index contributed by atoms with van der Waals surface area (Å²) in [5.74, 6) is 0.517. The van der Waals surface area contributed by atoms with Crippen molar-refractivity contribution < 1.29 is 14.3 Å². The fourth-order valence-electron chi connectivity index (χ4n) is 2.64. The highest BCUT2D eigenvalue weighted by Crippen LogP contribution is 2.22. The standard InChI is InChI=1S/C20H20ClN3O3/c1-26-18-9-2-15(3-10-18)4-11-20(25)27-19(12-24-14-22-13-23-24)16-5-7-17(21)8-6-16/h2-3,5-10,13-14,19H,4,11-12H2,1H3/t19-/m0/s1. The molecule has 0 fully saturated rings. The van der Waals surface area contributed by atoms with E-state index in [2.05, 4.69) is 10.1 Å². The van der Waals surface area contributed by atoms with Gasteiger partial charge < -0.3 is 9.47 Å². The Balaban J connectivity index is 1.63. The van der Waals surface area contributed by atoms with Gasteiger partial charge in [-0.2, -0.15) is 5.10 Å². The maximum Gasteiger partial charge on any atom is 0.306 e. The number of rotatable bonds is 8. The summed E-state index contributed by atoms with van der Waals surface area (Å²) in [5, 5.41) is 4.72. The maximum atomic E-state index is 12.4. The predicted octanol–water partition coefficient (Wildman–Crippen LogP) is 3.86. The molecule has 0 aliphatic heterocycles. The van der Waals surface area contributed by atoms with Crippen LogP contribution in [0, 0.1) is 0 Å². The average molecular weight is 386 g/mol. The summed E-state index contributed by atoms with van der Waals surface area (Å²) in [7, 11) is 1.62. The summed E-state index contributed by atoms with van der Waals surface area (Å²) in [6.07, 6.45) is 3.46. The lowest BCUT2D eigenvalue weighted by Gasteiger charge is -2.18. The normalized spacial score (nSPS) is 11.8. The molecule has 3 aromatic rings. The number of nitrogens with zero attached hydrogens (tertiary/aromatic N) is 3. The second-order valence-corrected chi connectivity index (χ2v) is 6.43. The molecule has 140 valence electrons. The number of ether oxygens (including phenoxy) is 2. The number of carbonyl (C=O) groups is 1. The summed E-state index contributed by atoms with van der Waals surface area (Å²) >= 11 is 5.96. The Bertz CT molecular complexity index is 849. The summed E-state index contributed by atoms with van der Waals surface area (Å²) in [4.78, 5) is 16.3. The Morgan fingerprint density at radius 3 is 2.52 bits per heavy atom. The van der Waals surface area contributed by atoms with E-state index in [1.807, 2.05) is 36.4 Å². The van der Waals surface area contributed by atoms with Crippen LogP contribution in [-0.4, -0.2) is 27.8 Å². The molecule has 2 aromatic carbocycles. The molecule has 1 atom stereocenters. The van der Waals surface area contributed by atoms with Crippen LogP contribution < -0.4 is 4.74 Å². The zero-order valence-electron chi connectivity index (χ0n) is 14.9. The maximum absolute atomic E-state index is 12.4. The Kier molecular flexibility index (Phi) is 6.44. The molecule has 0 aliphatic carbocycles. The van der Waals surface area contributed by atoms with Gasteiger partial charge in [-0.25, -0.2) is 9.67 Å². The molecule has 0 amide bonds. The number of esters is 1. The van der Waals surface area contributed by atoms with E-state index < -0.39 is 6.10 Å². The fraction of sp³-hybridized carbons (Fsp3) is 0.250. The van der Waals surface area contributed by atoms with Crippen LogP contribution >= 0.6 is 11.6 Å². The number of halogens is 1. The molecule has 27 heavy (non-hydrogen) atoms. The molecule has 0 unspecified atom stereocenters. The largest absolute Gasteiger partial charge is 0.497 e. The number of aromatic nitrogens is 3. The monoisotopic (exact) mass is 385 g/mol. The number of hydrogen-bond donors (Lipinski definition) is 0. The van der Waals surface area contributed by atoms with Crippen molar-refractivity contribution in [3.63, 3.8) is 0 Å². The van der Waals surface area contributed by atoms with E-state index in [-0.39, 0.29) is 12.4 Å². The third kappa shape index (κ3) is 5.56. The molecule has 6 nitrogen and oxygen atoms in total. The lowest BCUT2D eigenvalue weighted by Crippen LogP contribution is -2.17. The number of methoxy groups -OCH3 is 1. The predicted molar refractivity (Wildman–Crippen MR) is 102 cm³/mol. The first kappa shape index (κ1) is 18.9. The summed E-state index contributed by atoms with van der Waals surface area (Å²) in [6, 6.07) is 14.9. The summed E-state index contributed by atoms with van der Waals surface area (Å²) in [5.41, 5.74) is 1.90. The van der Waals surface area contributed by atoms with Crippen LogP contribution in [0.25, 0.3) is 0 Å². The Morgan fingerprint density at radius 1 is 1.15 bits per heavy atom. The molecular weight excluding hydrogens is 366 g/mol. The smallest absolute Gasteiger partial charge is 0.306 e. The van der Waals surface area contributed by atoms with E-state index in [0.717, 1.165) is 16.9 Å². The molecule has 0 aliphatic rings. The van der Waals surface area contributed by atoms with Crippen LogP contribution in [0.4, 0.5) is 0 Å². The van der Waals surface area contributed by atoms with E-state index in [9.17, 15) is 4.79 Å². The third-order valence-corrected chi connectivity index (χ3v) is 4.36. The molecular formula is C20H20ClN3O3. The van der Waals surface area contributed by atoms with Gasteiger partial charge in [-0.3, -0.25) is 4.79 Å². The third-order valence-electron chi connectivity index (χ3n) is 4.11. The minimum absolute atomic E-state index is 0.272. The van der Waals surface area contributed by atoms with Crippen molar-refractivity contribution in [2.24, 2.45) is 0 Å².